The molecule has 1 heterocycles. The van der Waals surface area contributed by atoms with Crippen molar-refractivity contribution in [3.05, 3.63) is 0 Å². The first-order valence-corrected chi connectivity index (χ1v) is 4.59. The molecule has 2 fully saturated rings. The maximum atomic E-state index is 11.3. The predicted molar refractivity (Wildman–Crippen MR) is 43.1 cm³/mol. The van der Waals surface area contributed by atoms with Crippen molar-refractivity contribution in [1.82, 2.24) is 5.32 Å². The average Bonchev–Trinajstić information content (AvgIpc) is 2.30. The van der Waals surface area contributed by atoms with Crippen LogP contribution >= 0.6 is 0 Å². The summed E-state index contributed by atoms with van der Waals surface area (Å²) in [4.78, 5) is 11.3. The molecule has 0 spiro atoms. The summed E-state index contributed by atoms with van der Waals surface area (Å²) < 4.78 is 0. The molecule has 3 atom stereocenters. The molecule has 0 bridgehead atoms. The van der Waals surface area contributed by atoms with E-state index in [1.54, 1.807) is 0 Å². The highest BCUT2D eigenvalue weighted by Crippen LogP contribution is 2.36. The number of hydrogen-bond acceptors (Lipinski definition) is 1. The molecule has 62 valence electrons. The zero-order chi connectivity index (χ0) is 7.84. The van der Waals surface area contributed by atoms with Gasteiger partial charge in [0.1, 0.15) is 0 Å². The van der Waals surface area contributed by atoms with Crippen molar-refractivity contribution in [3.8, 4) is 0 Å². The van der Waals surface area contributed by atoms with Gasteiger partial charge in [0, 0.05) is 12.0 Å². The van der Waals surface area contributed by atoms with Crippen LogP contribution in [0.4, 0.5) is 0 Å². The lowest BCUT2D eigenvalue weighted by Crippen LogP contribution is -2.25. The van der Waals surface area contributed by atoms with Gasteiger partial charge in [0.2, 0.25) is 5.91 Å². The summed E-state index contributed by atoms with van der Waals surface area (Å²) >= 11 is 0. The lowest BCUT2D eigenvalue weighted by molar-refractivity contribution is -0.123. The van der Waals surface area contributed by atoms with E-state index in [0.717, 1.165) is 6.42 Å². The number of rotatable bonds is 0. The maximum Gasteiger partial charge on any atom is 0.223 e. The molecule has 0 radical (unpaired) electrons. The molecule has 1 saturated heterocycles. The molecule has 0 aromatic heterocycles. The Bertz CT molecular complexity index is 178. The van der Waals surface area contributed by atoms with Crippen molar-refractivity contribution >= 4 is 5.91 Å². The van der Waals surface area contributed by atoms with Crippen LogP contribution in [0.1, 0.15) is 32.6 Å². The van der Waals surface area contributed by atoms with Crippen LogP contribution in [0, 0.1) is 11.8 Å². The van der Waals surface area contributed by atoms with E-state index >= 15 is 0 Å². The van der Waals surface area contributed by atoms with Crippen LogP contribution in [0.5, 0.6) is 0 Å². The highest BCUT2D eigenvalue weighted by molar-refractivity contribution is 5.81. The van der Waals surface area contributed by atoms with Crippen LogP contribution in [0.2, 0.25) is 0 Å². The molecule has 1 aliphatic carbocycles. The lowest BCUT2D eigenvalue weighted by Gasteiger charge is -2.24. The van der Waals surface area contributed by atoms with E-state index < -0.39 is 0 Å². The van der Waals surface area contributed by atoms with Crippen molar-refractivity contribution < 1.29 is 4.79 Å². The van der Waals surface area contributed by atoms with Gasteiger partial charge in [0.05, 0.1) is 0 Å². The van der Waals surface area contributed by atoms with Crippen LogP contribution in [0.3, 0.4) is 0 Å². The Balaban J connectivity index is 2.13. The molecule has 0 aromatic carbocycles. The third-order valence-corrected chi connectivity index (χ3v) is 3.17. The van der Waals surface area contributed by atoms with Gasteiger partial charge >= 0.3 is 0 Å². The second-order valence-electron chi connectivity index (χ2n) is 3.85. The molecule has 1 saturated carbocycles. The first kappa shape index (κ1) is 7.14. The van der Waals surface area contributed by atoms with E-state index in [0.29, 0.717) is 23.8 Å². The maximum absolute atomic E-state index is 11.3. The van der Waals surface area contributed by atoms with Gasteiger partial charge in [-0.15, -0.1) is 0 Å². The Kier molecular flexibility index (Phi) is 1.63. The van der Waals surface area contributed by atoms with E-state index in [1.165, 1.54) is 19.3 Å². The number of fused-ring (bicyclic) bond motifs is 1. The summed E-state index contributed by atoms with van der Waals surface area (Å²) in [6.07, 6.45) is 4.95. The van der Waals surface area contributed by atoms with E-state index in [-0.39, 0.29) is 0 Å². The number of carbonyl (C=O) groups is 1. The minimum absolute atomic E-state index is 0.308. The van der Waals surface area contributed by atoms with Crippen LogP contribution in [-0.4, -0.2) is 11.9 Å². The summed E-state index contributed by atoms with van der Waals surface area (Å²) in [5, 5.41) is 3.02. The Morgan fingerprint density at radius 1 is 1.36 bits per heavy atom. The van der Waals surface area contributed by atoms with E-state index in [9.17, 15) is 4.79 Å². The van der Waals surface area contributed by atoms with Gasteiger partial charge in [-0.3, -0.25) is 4.79 Å². The monoisotopic (exact) mass is 153 g/mol. The van der Waals surface area contributed by atoms with Crippen molar-refractivity contribution in [2.75, 3.05) is 0 Å². The quantitative estimate of drug-likeness (QED) is 0.558. The predicted octanol–water partition coefficient (Wildman–Crippen LogP) is 1.31. The fourth-order valence-corrected chi connectivity index (χ4v) is 2.52. The van der Waals surface area contributed by atoms with Crippen molar-refractivity contribution in [2.45, 2.75) is 38.6 Å². The van der Waals surface area contributed by atoms with E-state index in [4.69, 9.17) is 0 Å². The highest BCUT2D eigenvalue weighted by Gasteiger charge is 2.40. The molecule has 2 nitrogen and oxygen atoms in total. The largest absolute Gasteiger partial charge is 0.353 e. The third-order valence-electron chi connectivity index (χ3n) is 3.17. The smallest absolute Gasteiger partial charge is 0.223 e. The second-order valence-corrected chi connectivity index (χ2v) is 3.85. The molecule has 1 N–H and O–H groups in total. The first-order chi connectivity index (χ1) is 5.29. The van der Waals surface area contributed by atoms with Gasteiger partial charge < -0.3 is 5.32 Å². The Hall–Kier alpha value is -0.530. The molecular formula is C9H15NO. The molecule has 2 aliphatic rings. The van der Waals surface area contributed by atoms with Crippen LogP contribution < -0.4 is 5.32 Å². The van der Waals surface area contributed by atoms with Crippen molar-refractivity contribution in [1.29, 1.82) is 0 Å². The highest BCUT2D eigenvalue weighted by atomic mass is 16.2. The average molecular weight is 153 g/mol. The van der Waals surface area contributed by atoms with E-state index in [2.05, 4.69) is 12.2 Å². The normalized spacial score (nSPS) is 43.4. The lowest BCUT2D eigenvalue weighted by atomic mass is 9.79. The van der Waals surface area contributed by atoms with E-state index in [1.807, 2.05) is 0 Å². The summed E-state index contributed by atoms with van der Waals surface area (Å²) in [6, 6.07) is 0.438. The third kappa shape index (κ3) is 1.05. The molecule has 2 heteroatoms. The first-order valence-electron chi connectivity index (χ1n) is 4.59. The standard InChI is InChI=1S/C9H15NO/c1-6-7-4-2-3-5-8(7)9(11)10-6/h6-8H,2-5H2,1H3,(H,10,11)/t6-,7?,8?/m0/s1. The SMILES string of the molecule is C[C@@H]1NC(=O)C2CCCCC21. The topological polar surface area (TPSA) is 29.1 Å². The molecule has 2 unspecified atom stereocenters. The Morgan fingerprint density at radius 3 is 2.82 bits per heavy atom. The fourth-order valence-electron chi connectivity index (χ4n) is 2.52. The van der Waals surface area contributed by atoms with Gasteiger partial charge in [0.15, 0.2) is 0 Å². The van der Waals surface area contributed by atoms with Crippen LogP contribution in [0.15, 0.2) is 0 Å². The number of nitrogens with one attached hydrogen (secondary N) is 1. The fraction of sp³-hybridized carbons (Fsp3) is 0.889. The van der Waals surface area contributed by atoms with Crippen molar-refractivity contribution in [2.24, 2.45) is 11.8 Å². The number of hydrogen-bond donors (Lipinski definition) is 1. The zero-order valence-corrected chi connectivity index (χ0v) is 6.97. The molecule has 11 heavy (non-hydrogen) atoms. The van der Waals surface area contributed by atoms with Gasteiger partial charge in [-0.05, 0) is 25.7 Å². The molecule has 0 aromatic rings. The zero-order valence-electron chi connectivity index (χ0n) is 6.97. The number of carbonyl (C=O) groups excluding carboxylic acids is 1. The Morgan fingerprint density at radius 2 is 2.09 bits per heavy atom. The molecule has 1 amide bonds. The van der Waals surface area contributed by atoms with Gasteiger partial charge in [-0.2, -0.15) is 0 Å². The molecular weight excluding hydrogens is 138 g/mol. The van der Waals surface area contributed by atoms with Crippen LogP contribution in [-0.2, 0) is 4.79 Å². The summed E-state index contributed by atoms with van der Waals surface area (Å²) in [6.45, 7) is 2.13. The Labute approximate surface area is 67.4 Å². The minimum Gasteiger partial charge on any atom is -0.353 e. The van der Waals surface area contributed by atoms with Gasteiger partial charge in [-0.1, -0.05) is 12.8 Å². The molecule has 1 aliphatic heterocycles. The minimum atomic E-state index is 0.308. The van der Waals surface area contributed by atoms with Crippen LogP contribution in [0.25, 0.3) is 0 Å². The van der Waals surface area contributed by atoms with Gasteiger partial charge in [0.25, 0.3) is 0 Å². The molecule has 2 rings (SSSR count). The summed E-state index contributed by atoms with van der Waals surface area (Å²) in [7, 11) is 0. The second kappa shape index (κ2) is 2.50. The summed E-state index contributed by atoms with van der Waals surface area (Å²) in [5.41, 5.74) is 0. The van der Waals surface area contributed by atoms with Crippen molar-refractivity contribution in [3.63, 3.8) is 0 Å². The summed E-state index contributed by atoms with van der Waals surface area (Å²) in [5.74, 6) is 1.32. The van der Waals surface area contributed by atoms with Gasteiger partial charge in [-0.25, -0.2) is 0 Å². The number of amides is 1.